The van der Waals surface area contributed by atoms with Gasteiger partial charge in [0.05, 0.1) is 12.1 Å². The summed E-state index contributed by atoms with van der Waals surface area (Å²) in [6.07, 6.45) is 0. The van der Waals surface area contributed by atoms with Crippen molar-refractivity contribution in [1.82, 2.24) is 5.32 Å². The molecule has 0 saturated carbocycles. The molecule has 1 aliphatic heterocycles. The summed E-state index contributed by atoms with van der Waals surface area (Å²) in [5.74, 6) is 1.24. The summed E-state index contributed by atoms with van der Waals surface area (Å²) in [5.41, 5.74) is 3.03. The number of hydrogen-bond donors (Lipinski definition) is 2. The Bertz CT molecular complexity index is 954. The zero-order valence-corrected chi connectivity index (χ0v) is 16.6. The zero-order valence-electron chi connectivity index (χ0n) is 15.8. The number of carbonyl (C=O) groups excluding carboxylic acids is 1. The van der Waals surface area contributed by atoms with E-state index >= 15 is 0 Å². The van der Waals surface area contributed by atoms with Crippen molar-refractivity contribution in [2.75, 3.05) is 12.1 Å². The van der Waals surface area contributed by atoms with E-state index in [1.165, 1.54) is 10.4 Å². The van der Waals surface area contributed by atoms with Crippen molar-refractivity contribution < 1.29 is 14.3 Å². The molecule has 0 fully saturated rings. The van der Waals surface area contributed by atoms with Gasteiger partial charge in [-0.15, -0.1) is 11.3 Å². The van der Waals surface area contributed by atoms with Crippen LogP contribution < -0.4 is 20.1 Å². The van der Waals surface area contributed by atoms with Crippen LogP contribution in [0.1, 0.15) is 29.0 Å². The van der Waals surface area contributed by atoms with Gasteiger partial charge in [0.25, 0.3) is 0 Å². The van der Waals surface area contributed by atoms with Crippen molar-refractivity contribution in [3.05, 3.63) is 76.0 Å². The van der Waals surface area contributed by atoms with E-state index in [4.69, 9.17) is 9.47 Å². The minimum absolute atomic E-state index is 0.0434. The Morgan fingerprint density at radius 3 is 2.61 bits per heavy atom. The van der Waals surface area contributed by atoms with Gasteiger partial charge in [-0.2, -0.15) is 0 Å². The van der Waals surface area contributed by atoms with Gasteiger partial charge in [0, 0.05) is 16.6 Å². The van der Waals surface area contributed by atoms with Crippen LogP contribution in [-0.2, 0) is 4.79 Å². The smallest absolute Gasteiger partial charge is 0.241 e. The predicted octanol–water partition coefficient (Wildman–Crippen LogP) is 4.49. The molecule has 2 N–H and O–H groups in total. The molecule has 2 atom stereocenters. The van der Waals surface area contributed by atoms with Gasteiger partial charge in [-0.1, -0.05) is 35.9 Å². The Balaban J connectivity index is 1.48. The lowest BCUT2D eigenvalue weighted by Gasteiger charge is -2.23. The van der Waals surface area contributed by atoms with Crippen LogP contribution in [0.25, 0.3) is 0 Å². The maximum Gasteiger partial charge on any atom is 0.241 e. The molecule has 2 aromatic carbocycles. The van der Waals surface area contributed by atoms with Gasteiger partial charge in [-0.05, 0) is 43.0 Å². The van der Waals surface area contributed by atoms with Crippen molar-refractivity contribution in [2.24, 2.45) is 0 Å². The van der Waals surface area contributed by atoms with E-state index in [0.717, 1.165) is 5.56 Å². The van der Waals surface area contributed by atoms with Crippen LogP contribution in [0.4, 0.5) is 5.69 Å². The average Bonchev–Trinajstić information content (AvgIpc) is 3.38. The van der Waals surface area contributed by atoms with Gasteiger partial charge in [0.2, 0.25) is 12.7 Å². The van der Waals surface area contributed by atoms with E-state index in [-0.39, 0.29) is 24.8 Å². The SMILES string of the molecule is Cc1ccc([C@@H](N[C@H](C)C(=O)Nc2ccc3c(c2)OCO3)c2cccs2)cc1. The molecule has 0 radical (unpaired) electrons. The average molecular weight is 394 g/mol. The molecule has 5 nitrogen and oxygen atoms in total. The lowest BCUT2D eigenvalue weighted by atomic mass is 10.0. The van der Waals surface area contributed by atoms with Crippen molar-refractivity contribution in [1.29, 1.82) is 0 Å². The van der Waals surface area contributed by atoms with Gasteiger partial charge in [0.1, 0.15) is 0 Å². The van der Waals surface area contributed by atoms with Gasteiger partial charge in [-0.3, -0.25) is 10.1 Å². The predicted molar refractivity (Wildman–Crippen MR) is 111 cm³/mol. The molecule has 28 heavy (non-hydrogen) atoms. The van der Waals surface area contributed by atoms with Gasteiger partial charge in [-0.25, -0.2) is 0 Å². The first-order chi connectivity index (χ1) is 13.6. The number of carbonyl (C=O) groups is 1. The van der Waals surface area contributed by atoms with E-state index in [2.05, 4.69) is 53.3 Å². The highest BCUT2D eigenvalue weighted by Gasteiger charge is 2.22. The van der Waals surface area contributed by atoms with E-state index in [9.17, 15) is 4.79 Å². The molecule has 1 aliphatic rings. The summed E-state index contributed by atoms with van der Waals surface area (Å²) in [4.78, 5) is 13.9. The highest BCUT2D eigenvalue weighted by molar-refractivity contribution is 7.10. The first kappa shape index (κ1) is 18.5. The Morgan fingerprint density at radius 2 is 1.86 bits per heavy atom. The fourth-order valence-corrected chi connectivity index (χ4v) is 3.92. The van der Waals surface area contributed by atoms with Crippen LogP contribution in [0, 0.1) is 6.92 Å². The number of benzene rings is 2. The number of aryl methyl sites for hydroxylation is 1. The number of anilines is 1. The second-order valence-corrected chi connectivity index (χ2v) is 7.78. The minimum Gasteiger partial charge on any atom is -0.454 e. The molecular formula is C22H22N2O3S. The standard InChI is InChI=1S/C22H22N2O3S/c1-14-5-7-16(8-6-14)21(20-4-3-11-28-20)23-15(2)22(25)24-17-9-10-18-19(12-17)27-13-26-18/h3-12,15,21,23H,13H2,1-2H3,(H,24,25)/t15-,21-/m1/s1. The number of nitrogens with one attached hydrogen (secondary N) is 2. The van der Waals surface area contributed by atoms with E-state index in [0.29, 0.717) is 17.2 Å². The van der Waals surface area contributed by atoms with Crippen molar-refractivity contribution in [3.63, 3.8) is 0 Å². The quantitative estimate of drug-likeness (QED) is 0.647. The Hall–Kier alpha value is -2.83. The highest BCUT2D eigenvalue weighted by Crippen LogP contribution is 2.34. The van der Waals surface area contributed by atoms with Crippen LogP contribution in [0.2, 0.25) is 0 Å². The van der Waals surface area contributed by atoms with Crippen molar-refractivity contribution >= 4 is 22.9 Å². The summed E-state index contributed by atoms with van der Waals surface area (Å²) in [5, 5.41) is 8.47. The third-order valence-electron chi connectivity index (χ3n) is 4.69. The minimum atomic E-state index is -0.390. The largest absolute Gasteiger partial charge is 0.454 e. The molecule has 3 aromatic rings. The van der Waals surface area contributed by atoms with Gasteiger partial charge in [0.15, 0.2) is 11.5 Å². The third-order valence-corrected chi connectivity index (χ3v) is 5.63. The summed E-state index contributed by atoms with van der Waals surface area (Å²) >= 11 is 1.68. The number of ether oxygens (including phenoxy) is 2. The molecule has 0 bridgehead atoms. The van der Waals surface area contributed by atoms with Crippen LogP contribution in [0.15, 0.2) is 60.0 Å². The van der Waals surface area contributed by atoms with Crippen molar-refractivity contribution in [3.8, 4) is 11.5 Å². The topological polar surface area (TPSA) is 59.6 Å². The molecule has 0 saturated heterocycles. The van der Waals surface area contributed by atoms with Gasteiger partial charge < -0.3 is 14.8 Å². The molecule has 1 aromatic heterocycles. The summed E-state index contributed by atoms with van der Waals surface area (Å²) in [6.45, 7) is 4.15. The first-order valence-electron chi connectivity index (χ1n) is 9.17. The van der Waals surface area contributed by atoms with Crippen LogP contribution in [0.5, 0.6) is 11.5 Å². The lowest BCUT2D eigenvalue weighted by molar-refractivity contribution is -0.117. The van der Waals surface area contributed by atoms with E-state index in [1.807, 2.05) is 19.1 Å². The number of rotatable bonds is 6. The molecule has 144 valence electrons. The molecule has 1 amide bonds. The maximum atomic E-state index is 12.8. The normalized spacial score (nSPS) is 14.5. The monoisotopic (exact) mass is 394 g/mol. The number of amides is 1. The summed E-state index contributed by atoms with van der Waals surface area (Å²) < 4.78 is 10.7. The lowest BCUT2D eigenvalue weighted by Crippen LogP contribution is -2.40. The second-order valence-electron chi connectivity index (χ2n) is 6.80. The molecule has 0 spiro atoms. The fourth-order valence-electron chi connectivity index (χ4n) is 3.11. The third kappa shape index (κ3) is 4.03. The Kier molecular flexibility index (Phi) is 5.32. The molecule has 0 unspecified atom stereocenters. The number of hydrogen-bond acceptors (Lipinski definition) is 5. The Labute approximate surface area is 168 Å². The van der Waals surface area contributed by atoms with E-state index in [1.54, 1.807) is 23.5 Å². The molecule has 4 rings (SSSR count). The summed E-state index contributed by atoms with van der Waals surface area (Å²) in [7, 11) is 0. The molecule has 0 aliphatic carbocycles. The van der Waals surface area contributed by atoms with Crippen LogP contribution in [-0.4, -0.2) is 18.7 Å². The zero-order chi connectivity index (χ0) is 19.5. The maximum absolute atomic E-state index is 12.8. The molecule has 6 heteroatoms. The van der Waals surface area contributed by atoms with Crippen LogP contribution in [0.3, 0.4) is 0 Å². The van der Waals surface area contributed by atoms with Crippen molar-refractivity contribution in [2.45, 2.75) is 25.9 Å². The first-order valence-corrected chi connectivity index (χ1v) is 10.0. The number of fused-ring (bicyclic) bond motifs is 1. The number of thiophene rings is 1. The highest BCUT2D eigenvalue weighted by atomic mass is 32.1. The second kappa shape index (κ2) is 8.04. The van der Waals surface area contributed by atoms with E-state index < -0.39 is 0 Å². The fraction of sp³-hybridized carbons (Fsp3) is 0.227. The summed E-state index contributed by atoms with van der Waals surface area (Å²) in [6, 6.07) is 17.5. The van der Waals surface area contributed by atoms with Crippen LogP contribution >= 0.6 is 11.3 Å². The van der Waals surface area contributed by atoms with Gasteiger partial charge >= 0.3 is 0 Å². The molecule has 2 heterocycles. The molecular weight excluding hydrogens is 372 g/mol. The Morgan fingerprint density at radius 1 is 1.07 bits per heavy atom.